The first-order valence-electron chi connectivity index (χ1n) is 6.93. The monoisotopic (exact) mass is 375 g/mol. The van der Waals surface area contributed by atoms with E-state index in [9.17, 15) is 13.2 Å². The minimum absolute atomic E-state index is 0.131. The average molecular weight is 376 g/mol. The number of hydrogen-bond donors (Lipinski definition) is 0. The fourth-order valence-electron chi connectivity index (χ4n) is 2.97. The molecule has 0 N–H and O–H groups in total. The Balaban J connectivity index is 2.32. The molecule has 0 saturated carbocycles. The number of alkyl halides is 3. The van der Waals surface area contributed by atoms with Gasteiger partial charge in [0, 0.05) is 20.6 Å². The maximum Gasteiger partial charge on any atom is 0.433 e. The molecule has 0 aliphatic rings. The second-order valence-electron chi connectivity index (χ2n) is 5.33. The highest BCUT2D eigenvalue weighted by Crippen LogP contribution is 2.39. The average Bonchev–Trinajstić information content (AvgIpc) is 2.52. The highest BCUT2D eigenvalue weighted by Gasteiger charge is 2.35. The Morgan fingerprint density at radius 2 is 1.57 bits per heavy atom. The molecule has 4 rings (SSSR count). The molecule has 1 nitrogen and oxygen atoms in total. The van der Waals surface area contributed by atoms with E-state index >= 15 is 0 Å². The molecule has 0 bridgehead atoms. The maximum atomic E-state index is 13.4. The van der Waals surface area contributed by atoms with E-state index in [-0.39, 0.29) is 5.39 Å². The predicted octanol–water partition coefficient (Wildman–Crippen LogP) is 6.32. The largest absolute Gasteiger partial charge is 0.433 e. The molecule has 0 spiro atoms. The van der Waals surface area contributed by atoms with E-state index in [1.807, 2.05) is 30.3 Å². The number of pyridine rings is 1. The zero-order chi connectivity index (χ0) is 16.2. The summed E-state index contributed by atoms with van der Waals surface area (Å²) in [5.41, 5.74) is -0.487. The molecular formula is C18H9BrF3N. The lowest BCUT2D eigenvalue weighted by Gasteiger charge is -2.14. The standard InChI is InChI=1S/C18H9BrF3N/c19-11-6-8-12-10(9-11)5-7-14-16(12)13-3-1-2-4-15(13)23-17(14)18(20,21)22/h1-9H. The molecule has 0 atom stereocenters. The van der Waals surface area contributed by atoms with Gasteiger partial charge in [0.2, 0.25) is 0 Å². The van der Waals surface area contributed by atoms with Crippen LogP contribution in [0.25, 0.3) is 32.4 Å². The van der Waals surface area contributed by atoms with Crippen LogP contribution in [-0.4, -0.2) is 4.98 Å². The van der Waals surface area contributed by atoms with Gasteiger partial charge in [-0.3, -0.25) is 0 Å². The van der Waals surface area contributed by atoms with Crippen LogP contribution < -0.4 is 0 Å². The molecule has 0 saturated heterocycles. The minimum Gasteiger partial charge on any atom is -0.243 e. The van der Waals surface area contributed by atoms with Crippen molar-refractivity contribution in [1.29, 1.82) is 0 Å². The van der Waals surface area contributed by atoms with Crippen molar-refractivity contribution in [2.45, 2.75) is 6.18 Å². The van der Waals surface area contributed by atoms with Gasteiger partial charge in [0.25, 0.3) is 0 Å². The first-order chi connectivity index (χ1) is 10.9. The second kappa shape index (κ2) is 4.93. The lowest BCUT2D eigenvalue weighted by molar-refractivity contribution is -0.139. The van der Waals surface area contributed by atoms with Crippen LogP contribution in [0.5, 0.6) is 0 Å². The number of benzene rings is 3. The maximum absolute atomic E-state index is 13.4. The van der Waals surface area contributed by atoms with Gasteiger partial charge in [0.15, 0.2) is 5.69 Å². The number of hydrogen-bond acceptors (Lipinski definition) is 1. The van der Waals surface area contributed by atoms with Crippen LogP contribution >= 0.6 is 15.9 Å². The summed E-state index contributed by atoms with van der Waals surface area (Å²) in [6, 6.07) is 15.7. The fraction of sp³-hybridized carbons (Fsp3) is 0.0556. The minimum atomic E-state index is -4.49. The lowest BCUT2D eigenvalue weighted by atomic mass is 9.97. The van der Waals surface area contributed by atoms with Gasteiger partial charge >= 0.3 is 6.18 Å². The Labute approximate surface area is 137 Å². The van der Waals surface area contributed by atoms with Crippen molar-refractivity contribution in [3.05, 3.63) is 64.8 Å². The van der Waals surface area contributed by atoms with E-state index in [2.05, 4.69) is 20.9 Å². The summed E-state index contributed by atoms with van der Waals surface area (Å²) in [6.07, 6.45) is -4.49. The van der Waals surface area contributed by atoms with E-state index in [4.69, 9.17) is 0 Å². The van der Waals surface area contributed by atoms with Gasteiger partial charge in [0.05, 0.1) is 5.52 Å². The van der Waals surface area contributed by atoms with Crippen LogP contribution in [0.15, 0.2) is 59.1 Å². The van der Waals surface area contributed by atoms with Crippen molar-refractivity contribution in [2.75, 3.05) is 0 Å². The van der Waals surface area contributed by atoms with Crippen LogP contribution in [0.2, 0.25) is 0 Å². The number of nitrogens with zero attached hydrogens (tertiary/aromatic N) is 1. The van der Waals surface area contributed by atoms with E-state index in [0.717, 1.165) is 20.6 Å². The number of fused-ring (bicyclic) bond motifs is 5. The van der Waals surface area contributed by atoms with Crippen molar-refractivity contribution in [3.63, 3.8) is 0 Å². The molecule has 0 fully saturated rings. The molecule has 114 valence electrons. The normalized spacial score (nSPS) is 12.3. The number of para-hydroxylation sites is 1. The molecule has 0 aliphatic heterocycles. The van der Waals surface area contributed by atoms with Gasteiger partial charge in [-0.25, -0.2) is 4.98 Å². The van der Waals surface area contributed by atoms with Crippen molar-refractivity contribution in [3.8, 4) is 0 Å². The summed E-state index contributed by atoms with van der Waals surface area (Å²) in [7, 11) is 0. The molecule has 4 aromatic rings. The van der Waals surface area contributed by atoms with Crippen LogP contribution in [0.3, 0.4) is 0 Å². The van der Waals surface area contributed by atoms with Crippen LogP contribution in [0, 0.1) is 0 Å². The molecule has 23 heavy (non-hydrogen) atoms. The Kier molecular flexibility index (Phi) is 3.10. The summed E-state index contributed by atoms with van der Waals surface area (Å²) < 4.78 is 41.2. The van der Waals surface area contributed by atoms with Crippen LogP contribution in [-0.2, 0) is 6.18 Å². The summed E-state index contributed by atoms with van der Waals surface area (Å²) in [4.78, 5) is 3.86. The SMILES string of the molecule is FC(F)(F)c1nc2ccccc2c2c1ccc1cc(Br)ccc12. The highest BCUT2D eigenvalue weighted by molar-refractivity contribution is 9.10. The summed E-state index contributed by atoms with van der Waals surface area (Å²) in [5, 5.41) is 3.12. The molecule has 0 unspecified atom stereocenters. The molecular weight excluding hydrogens is 367 g/mol. The Bertz CT molecular complexity index is 1070. The summed E-state index contributed by atoms with van der Waals surface area (Å²) in [6.45, 7) is 0. The third-order valence-electron chi connectivity index (χ3n) is 3.91. The predicted molar refractivity (Wildman–Crippen MR) is 89.5 cm³/mol. The fourth-order valence-corrected chi connectivity index (χ4v) is 3.35. The van der Waals surface area contributed by atoms with Gasteiger partial charge in [-0.2, -0.15) is 13.2 Å². The number of aromatic nitrogens is 1. The molecule has 1 heterocycles. The summed E-state index contributed by atoms with van der Waals surface area (Å²) in [5.74, 6) is 0. The third kappa shape index (κ3) is 2.27. The Morgan fingerprint density at radius 3 is 2.35 bits per heavy atom. The van der Waals surface area contributed by atoms with E-state index < -0.39 is 11.9 Å². The van der Waals surface area contributed by atoms with E-state index in [0.29, 0.717) is 10.9 Å². The molecule has 5 heteroatoms. The topological polar surface area (TPSA) is 12.9 Å². The van der Waals surface area contributed by atoms with Crippen molar-refractivity contribution < 1.29 is 13.2 Å². The highest BCUT2D eigenvalue weighted by atomic mass is 79.9. The van der Waals surface area contributed by atoms with Crippen molar-refractivity contribution in [1.82, 2.24) is 4.98 Å². The third-order valence-corrected chi connectivity index (χ3v) is 4.40. The number of halogens is 4. The molecule has 0 aliphatic carbocycles. The molecule has 0 amide bonds. The van der Waals surface area contributed by atoms with E-state index in [1.54, 1.807) is 18.2 Å². The Morgan fingerprint density at radius 1 is 0.826 bits per heavy atom. The van der Waals surface area contributed by atoms with Gasteiger partial charge in [-0.15, -0.1) is 0 Å². The second-order valence-corrected chi connectivity index (χ2v) is 6.24. The van der Waals surface area contributed by atoms with Crippen molar-refractivity contribution >= 4 is 48.4 Å². The van der Waals surface area contributed by atoms with E-state index in [1.165, 1.54) is 6.07 Å². The van der Waals surface area contributed by atoms with Gasteiger partial charge in [-0.05, 0) is 29.0 Å². The first kappa shape index (κ1) is 14.5. The smallest absolute Gasteiger partial charge is 0.243 e. The summed E-state index contributed by atoms with van der Waals surface area (Å²) >= 11 is 3.40. The Hall–Kier alpha value is -2.14. The van der Waals surface area contributed by atoms with Gasteiger partial charge in [0.1, 0.15) is 0 Å². The quantitative estimate of drug-likeness (QED) is 0.327. The first-order valence-corrected chi connectivity index (χ1v) is 7.72. The van der Waals surface area contributed by atoms with Gasteiger partial charge in [-0.1, -0.05) is 52.3 Å². The van der Waals surface area contributed by atoms with Crippen LogP contribution in [0.1, 0.15) is 5.69 Å². The molecule has 0 radical (unpaired) electrons. The van der Waals surface area contributed by atoms with Crippen LogP contribution in [0.4, 0.5) is 13.2 Å². The molecule has 1 aromatic heterocycles. The zero-order valence-electron chi connectivity index (χ0n) is 11.7. The van der Waals surface area contributed by atoms with Crippen molar-refractivity contribution in [2.24, 2.45) is 0 Å². The number of rotatable bonds is 0. The zero-order valence-corrected chi connectivity index (χ0v) is 13.2. The molecule has 3 aromatic carbocycles. The van der Waals surface area contributed by atoms with Gasteiger partial charge < -0.3 is 0 Å². The lowest BCUT2D eigenvalue weighted by Crippen LogP contribution is -2.09.